The van der Waals surface area contributed by atoms with Crippen LogP contribution in [0.4, 0.5) is 0 Å². The highest BCUT2D eigenvalue weighted by atomic mass is 16.3. The fraction of sp³-hybridized carbons (Fsp3) is 1.00. The number of likely N-dealkylation sites (N-methyl/N-ethyl adjacent to an activating group) is 1. The summed E-state index contributed by atoms with van der Waals surface area (Å²) >= 11 is 0. The second-order valence-electron chi connectivity index (χ2n) is 4.90. The third-order valence-electron chi connectivity index (χ3n) is 3.17. The molecule has 0 aromatic heterocycles. The van der Waals surface area contributed by atoms with E-state index in [1.165, 1.54) is 19.3 Å². The molecule has 0 spiro atoms. The summed E-state index contributed by atoms with van der Waals surface area (Å²) in [6.07, 6.45) is 4.59. The lowest BCUT2D eigenvalue weighted by molar-refractivity contribution is 0.0171. The number of nitrogens with zero attached hydrogens (tertiary/aromatic N) is 1. The molecule has 1 fully saturated rings. The minimum Gasteiger partial charge on any atom is -0.391 e. The SMILES string of the molecule is CCN(CC(C)C)C1CCCCC1O. The Labute approximate surface area is 88.3 Å². The molecule has 84 valence electrons. The van der Waals surface area contributed by atoms with Crippen molar-refractivity contribution in [2.75, 3.05) is 13.1 Å². The van der Waals surface area contributed by atoms with Crippen molar-refractivity contribution in [3.63, 3.8) is 0 Å². The highest BCUT2D eigenvalue weighted by Crippen LogP contribution is 2.23. The summed E-state index contributed by atoms with van der Waals surface area (Å²) in [5.41, 5.74) is 0. The smallest absolute Gasteiger partial charge is 0.0695 e. The third kappa shape index (κ3) is 3.25. The van der Waals surface area contributed by atoms with Crippen molar-refractivity contribution in [1.29, 1.82) is 0 Å². The zero-order valence-corrected chi connectivity index (χ0v) is 9.87. The number of hydrogen-bond acceptors (Lipinski definition) is 2. The maximum Gasteiger partial charge on any atom is 0.0695 e. The second-order valence-corrected chi connectivity index (χ2v) is 4.90. The van der Waals surface area contributed by atoms with Gasteiger partial charge in [0.15, 0.2) is 0 Å². The van der Waals surface area contributed by atoms with Crippen LogP contribution in [0.2, 0.25) is 0 Å². The van der Waals surface area contributed by atoms with Crippen molar-refractivity contribution >= 4 is 0 Å². The summed E-state index contributed by atoms with van der Waals surface area (Å²) in [5.74, 6) is 0.698. The minimum absolute atomic E-state index is 0.0811. The van der Waals surface area contributed by atoms with E-state index in [0.717, 1.165) is 19.5 Å². The Balaban J connectivity index is 2.48. The van der Waals surface area contributed by atoms with Crippen molar-refractivity contribution in [2.24, 2.45) is 5.92 Å². The van der Waals surface area contributed by atoms with E-state index >= 15 is 0 Å². The fourth-order valence-corrected chi connectivity index (χ4v) is 2.49. The van der Waals surface area contributed by atoms with Gasteiger partial charge in [0.2, 0.25) is 0 Å². The molecule has 2 heteroatoms. The maximum absolute atomic E-state index is 9.94. The van der Waals surface area contributed by atoms with Crippen molar-refractivity contribution < 1.29 is 5.11 Å². The van der Waals surface area contributed by atoms with E-state index in [2.05, 4.69) is 25.7 Å². The normalized spacial score (nSPS) is 28.7. The number of aliphatic hydroxyl groups is 1. The summed E-state index contributed by atoms with van der Waals surface area (Å²) in [6, 6.07) is 0.427. The molecule has 0 aliphatic heterocycles. The van der Waals surface area contributed by atoms with Crippen LogP contribution in [0.25, 0.3) is 0 Å². The van der Waals surface area contributed by atoms with E-state index in [0.29, 0.717) is 12.0 Å². The van der Waals surface area contributed by atoms with Crippen molar-refractivity contribution in [1.82, 2.24) is 4.90 Å². The highest BCUT2D eigenvalue weighted by molar-refractivity contribution is 4.82. The van der Waals surface area contributed by atoms with Crippen LogP contribution < -0.4 is 0 Å². The van der Waals surface area contributed by atoms with Crippen LogP contribution >= 0.6 is 0 Å². The zero-order valence-electron chi connectivity index (χ0n) is 9.87. The van der Waals surface area contributed by atoms with E-state index in [1.54, 1.807) is 0 Å². The molecule has 0 heterocycles. The van der Waals surface area contributed by atoms with Crippen molar-refractivity contribution in [3.05, 3.63) is 0 Å². The summed E-state index contributed by atoms with van der Waals surface area (Å²) in [5, 5.41) is 9.94. The molecule has 0 aromatic carbocycles. The van der Waals surface area contributed by atoms with E-state index in [-0.39, 0.29) is 6.10 Å². The molecule has 14 heavy (non-hydrogen) atoms. The first-order valence-corrected chi connectivity index (χ1v) is 6.07. The van der Waals surface area contributed by atoms with Gasteiger partial charge in [-0.15, -0.1) is 0 Å². The van der Waals surface area contributed by atoms with Gasteiger partial charge in [-0.25, -0.2) is 0 Å². The number of aliphatic hydroxyl groups excluding tert-OH is 1. The van der Waals surface area contributed by atoms with Gasteiger partial charge < -0.3 is 5.11 Å². The van der Waals surface area contributed by atoms with Crippen LogP contribution in [0.5, 0.6) is 0 Å². The van der Waals surface area contributed by atoms with Gasteiger partial charge >= 0.3 is 0 Å². The molecule has 2 unspecified atom stereocenters. The molecule has 1 saturated carbocycles. The first-order valence-electron chi connectivity index (χ1n) is 6.07. The average Bonchev–Trinajstić information content (AvgIpc) is 2.15. The Morgan fingerprint density at radius 1 is 1.29 bits per heavy atom. The largest absolute Gasteiger partial charge is 0.391 e. The molecule has 0 radical (unpaired) electrons. The molecule has 0 aromatic rings. The lowest BCUT2D eigenvalue weighted by Gasteiger charge is -2.37. The Kier molecular flexibility index (Phi) is 4.90. The van der Waals surface area contributed by atoms with Crippen LogP contribution in [-0.2, 0) is 0 Å². The molecule has 0 saturated heterocycles. The van der Waals surface area contributed by atoms with E-state index in [4.69, 9.17) is 0 Å². The molecule has 1 rings (SSSR count). The lowest BCUT2D eigenvalue weighted by atomic mass is 9.91. The summed E-state index contributed by atoms with van der Waals surface area (Å²) < 4.78 is 0. The standard InChI is InChI=1S/C12H25NO/c1-4-13(9-10(2)3)11-7-5-6-8-12(11)14/h10-12,14H,4-9H2,1-3H3. The number of rotatable bonds is 4. The Morgan fingerprint density at radius 3 is 2.43 bits per heavy atom. The van der Waals surface area contributed by atoms with Gasteiger partial charge in [-0.2, -0.15) is 0 Å². The summed E-state index contributed by atoms with van der Waals surface area (Å²) in [4.78, 5) is 2.45. The molecular weight excluding hydrogens is 174 g/mol. The molecule has 2 nitrogen and oxygen atoms in total. The Hall–Kier alpha value is -0.0800. The van der Waals surface area contributed by atoms with E-state index in [1.807, 2.05) is 0 Å². The van der Waals surface area contributed by atoms with Crippen LogP contribution in [0.1, 0.15) is 46.5 Å². The highest BCUT2D eigenvalue weighted by Gasteiger charge is 2.27. The van der Waals surface area contributed by atoms with Gasteiger partial charge in [0.25, 0.3) is 0 Å². The van der Waals surface area contributed by atoms with E-state index in [9.17, 15) is 5.11 Å². The fourth-order valence-electron chi connectivity index (χ4n) is 2.49. The minimum atomic E-state index is -0.0811. The van der Waals surface area contributed by atoms with Crippen LogP contribution in [0.15, 0.2) is 0 Å². The average molecular weight is 199 g/mol. The number of hydrogen-bond donors (Lipinski definition) is 1. The predicted octanol–water partition coefficient (Wildman–Crippen LogP) is 2.27. The Bertz CT molecular complexity index is 158. The van der Waals surface area contributed by atoms with Gasteiger partial charge in [-0.3, -0.25) is 4.90 Å². The molecule has 1 aliphatic carbocycles. The van der Waals surface area contributed by atoms with Crippen LogP contribution in [0.3, 0.4) is 0 Å². The first-order chi connectivity index (χ1) is 6.65. The zero-order chi connectivity index (χ0) is 10.6. The first kappa shape index (κ1) is 12.0. The topological polar surface area (TPSA) is 23.5 Å². The third-order valence-corrected chi connectivity index (χ3v) is 3.17. The van der Waals surface area contributed by atoms with Crippen molar-refractivity contribution in [2.45, 2.75) is 58.6 Å². The maximum atomic E-state index is 9.94. The predicted molar refractivity (Wildman–Crippen MR) is 60.3 cm³/mol. The van der Waals surface area contributed by atoms with E-state index < -0.39 is 0 Å². The second kappa shape index (κ2) is 5.72. The molecule has 1 N–H and O–H groups in total. The van der Waals surface area contributed by atoms with Gasteiger partial charge in [0.05, 0.1) is 6.10 Å². The summed E-state index contributed by atoms with van der Waals surface area (Å²) in [6.45, 7) is 8.89. The van der Waals surface area contributed by atoms with Crippen LogP contribution in [0, 0.1) is 5.92 Å². The van der Waals surface area contributed by atoms with Gasteiger partial charge in [-0.1, -0.05) is 33.6 Å². The van der Waals surface area contributed by atoms with Gasteiger partial charge in [-0.05, 0) is 25.3 Å². The molecule has 0 amide bonds. The van der Waals surface area contributed by atoms with Crippen molar-refractivity contribution in [3.8, 4) is 0 Å². The van der Waals surface area contributed by atoms with Gasteiger partial charge in [0.1, 0.15) is 0 Å². The molecule has 2 atom stereocenters. The monoisotopic (exact) mass is 199 g/mol. The molecular formula is C12H25NO. The molecule has 1 aliphatic rings. The summed E-state index contributed by atoms with van der Waals surface area (Å²) in [7, 11) is 0. The lowest BCUT2D eigenvalue weighted by Crippen LogP contribution is -2.46. The van der Waals surface area contributed by atoms with Gasteiger partial charge in [0, 0.05) is 12.6 Å². The molecule has 0 bridgehead atoms. The quantitative estimate of drug-likeness (QED) is 0.751. The Morgan fingerprint density at radius 2 is 1.93 bits per heavy atom. The van der Waals surface area contributed by atoms with Crippen LogP contribution in [-0.4, -0.2) is 35.2 Å².